The van der Waals surface area contributed by atoms with Crippen LogP contribution in [-0.2, 0) is 9.53 Å². The van der Waals surface area contributed by atoms with Gasteiger partial charge < -0.3 is 15.4 Å². The number of aromatic nitrogens is 4. The fourth-order valence-corrected chi connectivity index (χ4v) is 7.02. The summed E-state index contributed by atoms with van der Waals surface area (Å²) >= 11 is 7.72. The molecule has 3 aliphatic rings. The van der Waals surface area contributed by atoms with Crippen molar-refractivity contribution in [3.8, 4) is 10.6 Å². The molecule has 2 fully saturated rings. The maximum Gasteiger partial charge on any atom is 0.412 e. The molecule has 0 radical (unpaired) electrons. The topological polar surface area (TPSA) is 138 Å². The minimum Gasteiger partial charge on any atom is -0.413 e. The van der Waals surface area contributed by atoms with Crippen molar-refractivity contribution in [1.29, 1.82) is 5.41 Å². The maximum absolute atomic E-state index is 15.0. The summed E-state index contributed by atoms with van der Waals surface area (Å²) in [5.74, 6) is -0.875. The number of ether oxygens (including phenoxy) is 1. The monoisotopic (exact) mass is 696 g/mol. The minimum atomic E-state index is -2.75. The number of alkyl carbamates (subject to hydrolysis) is 1. The van der Waals surface area contributed by atoms with Gasteiger partial charge in [-0.25, -0.2) is 19.4 Å². The predicted molar refractivity (Wildman–Crippen MR) is 179 cm³/mol. The van der Waals surface area contributed by atoms with Gasteiger partial charge in [-0.2, -0.15) is 18.3 Å². The zero-order valence-corrected chi connectivity index (χ0v) is 28.3. The van der Waals surface area contributed by atoms with E-state index in [0.29, 0.717) is 49.8 Å². The molecule has 2 atom stereocenters. The molecule has 15 heteroatoms. The third-order valence-corrected chi connectivity index (χ3v) is 9.39. The van der Waals surface area contributed by atoms with E-state index in [-0.39, 0.29) is 28.9 Å². The first-order valence-corrected chi connectivity index (χ1v) is 16.6. The smallest absolute Gasteiger partial charge is 0.412 e. The summed E-state index contributed by atoms with van der Waals surface area (Å²) in [5.41, 5.74) is 0.865. The Balaban J connectivity index is 1.40. The molecule has 3 N–H and O–H groups in total. The van der Waals surface area contributed by atoms with E-state index in [1.54, 1.807) is 31.2 Å². The van der Waals surface area contributed by atoms with Crippen molar-refractivity contribution in [2.75, 3.05) is 0 Å². The summed E-state index contributed by atoms with van der Waals surface area (Å²) < 4.78 is 36.8. The first-order valence-electron chi connectivity index (χ1n) is 15.4. The molecule has 3 heterocycles. The van der Waals surface area contributed by atoms with Gasteiger partial charge >= 0.3 is 12.6 Å². The summed E-state index contributed by atoms with van der Waals surface area (Å²) in [7, 11) is 0. The summed E-state index contributed by atoms with van der Waals surface area (Å²) in [6.45, 7) is 4.88. The number of rotatable bonds is 9. The summed E-state index contributed by atoms with van der Waals surface area (Å²) in [6, 6.07) is 5.15. The standard InChI is InChI=1S/C33H35ClF2N8O3S/c1-18(47-31(46)41-23-10-11-23)26(20-7-12-25(34)24(13-20)27-38-17-40-48-27)44-28(45)33(42-30(44)37,16-32(2,3)4)22-8-5-19(6-9-22)21-14-39-43(15-21)29(35)36/h5-8,12-15,17,22-23,29H,9-11,16H2,1-4H3,(H2,37,42)(H,41,46)/b26-18+/t22?,33-/m1/s1. The van der Waals surface area contributed by atoms with Gasteiger partial charge in [-0.05, 0) is 67.3 Å². The van der Waals surface area contributed by atoms with E-state index in [4.69, 9.17) is 16.3 Å². The number of guanidine groups is 1. The molecule has 2 amide bonds. The minimum absolute atomic E-state index is 0.0434. The van der Waals surface area contributed by atoms with Crippen LogP contribution in [0.3, 0.4) is 0 Å². The molecule has 1 saturated heterocycles. The van der Waals surface area contributed by atoms with Gasteiger partial charge in [0, 0.05) is 34.8 Å². The first-order chi connectivity index (χ1) is 22.8. The number of hydrogen-bond donors (Lipinski definition) is 3. The van der Waals surface area contributed by atoms with E-state index in [2.05, 4.69) is 25.1 Å². The van der Waals surface area contributed by atoms with Crippen molar-refractivity contribution in [3.63, 3.8) is 0 Å². The number of halogens is 3. The van der Waals surface area contributed by atoms with E-state index in [1.807, 2.05) is 32.9 Å². The summed E-state index contributed by atoms with van der Waals surface area (Å²) in [6.07, 6.45) is 11.5. The Kier molecular flexibility index (Phi) is 8.98. The highest BCUT2D eigenvalue weighted by Crippen LogP contribution is 2.44. The number of nitrogens with one attached hydrogen (secondary N) is 3. The van der Waals surface area contributed by atoms with Gasteiger partial charge in [0.15, 0.2) is 0 Å². The van der Waals surface area contributed by atoms with E-state index < -0.39 is 30.0 Å². The molecule has 1 saturated carbocycles. The van der Waals surface area contributed by atoms with Gasteiger partial charge in [-0.1, -0.05) is 56.7 Å². The second kappa shape index (κ2) is 12.9. The van der Waals surface area contributed by atoms with Crippen molar-refractivity contribution in [2.24, 2.45) is 11.3 Å². The van der Waals surface area contributed by atoms with Crippen LogP contribution in [0.4, 0.5) is 13.6 Å². The Morgan fingerprint density at radius 2 is 2.08 bits per heavy atom. The second-order valence-electron chi connectivity index (χ2n) is 13.3. The predicted octanol–water partition coefficient (Wildman–Crippen LogP) is 7.23. The van der Waals surface area contributed by atoms with Gasteiger partial charge in [-0.15, -0.1) is 0 Å². The number of allylic oxidation sites excluding steroid dienone is 4. The quantitative estimate of drug-likeness (QED) is 0.201. The molecule has 0 spiro atoms. The molecule has 1 unspecified atom stereocenters. The number of benzene rings is 1. The molecular formula is C33H35ClF2N8O3S. The lowest BCUT2D eigenvalue weighted by Gasteiger charge is -2.39. The molecule has 6 rings (SSSR count). The van der Waals surface area contributed by atoms with Crippen molar-refractivity contribution in [2.45, 2.75) is 71.5 Å². The highest BCUT2D eigenvalue weighted by atomic mass is 35.5. The number of carbonyl (C=O) groups excluding carboxylic acids is 2. The Labute approximate surface area is 285 Å². The van der Waals surface area contributed by atoms with Gasteiger partial charge in [0.2, 0.25) is 5.96 Å². The molecule has 11 nitrogen and oxygen atoms in total. The molecular weight excluding hydrogens is 662 g/mol. The molecule has 2 aromatic heterocycles. The van der Waals surface area contributed by atoms with Crippen LogP contribution in [0.1, 0.15) is 71.1 Å². The molecule has 0 bridgehead atoms. The fraction of sp³-hybridized carbons (Fsp3) is 0.394. The molecule has 1 aliphatic heterocycles. The SMILES string of the molecule is C/C(OC(=O)NC1CC1)=C(/c1ccc(Cl)c(-c2ncns2)c1)N1C(=N)N[C@](CC(C)(C)C)(C2C=CC(c3cnn(C(F)F)c3)=CC2)C1=O. The number of amides is 2. The van der Waals surface area contributed by atoms with Crippen molar-refractivity contribution < 1.29 is 23.1 Å². The summed E-state index contributed by atoms with van der Waals surface area (Å²) in [4.78, 5) is 33.3. The maximum atomic E-state index is 15.0. The zero-order chi connectivity index (χ0) is 34.4. The lowest BCUT2D eigenvalue weighted by Crippen LogP contribution is -2.55. The van der Waals surface area contributed by atoms with Crippen LogP contribution in [0.2, 0.25) is 5.02 Å². The fourth-order valence-electron chi connectivity index (χ4n) is 6.20. The van der Waals surface area contributed by atoms with Crippen LogP contribution in [0.25, 0.3) is 21.8 Å². The Hall–Kier alpha value is -4.43. The van der Waals surface area contributed by atoms with E-state index in [9.17, 15) is 23.8 Å². The normalized spacial score (nSPS) is 21.7. The van der Waals surface area contributed by atoms with Crippen molar-refractivity contribution in [3.05, 3.63) is 77.1 Å². The van der Waals surface area contributed by atoms with Gasteiger partial charge in [0.25, 0.3) is 5.91 Å². The Morgan fingerprint density at radius 1 is 1.31 bits per heavy atom. The van der Waals surface area contributed by atoms with E-state index in [0.717, 1.165) is 24.4 Å². The first kappa shape index (κ1) is 33.5. The van der Waals surface area contributed by atoms with Gasteiger partial charge in [-0.3, -0.25) is 10.2 Å². The van der Waals surface area contributed by atoms with Crippen LogP contribution in [0, 0.1) is 16.7 Å². The third-order valence-electron chi connectivity index (χ3n) is 8.36. The van der Waals surface area contributed by atoms with E-state index >= 15 is 0 Å². The number of carbonyl (C=O) groups is 2. The van der Waals surface area contributed by atoms with Crippen LogP contribution in [-0.4, -0.2) is 53.6 Å². The second-order valence-corrected chi connectivity index (χ2v) is 14.5. The number of alkyl halides is 2. The molecule has 2 aliphatic carbocycles. The zero-order valence-electron chi connectivity index (χ0n) is 26.8. The summed E-state index contributed by atoms with van der Waals surface area (Å²) in [5, 5.41) is 20.0. The highest BCUT2D eigenvalue weighted by Gasteiger charge is 2.56. The average Bonchev–Trinajstić information content (AvgIpc) is 3.39. The molecule has 48 heavy (non-hydrogen) atoms. The molecule has 252 valence electrons. The number of hydrogen-bond acceptors (Lipinski definition) is 8. The van der Waals surface area contributed by atoms with Crippen LogP contribution in [0.15, 0.2) is 60.9 Å². The molecule has 1 aromatic carbocycles. The van der Waals surface area contributed by atoms with Crippen molar-refractivity contribution in [1.82, 2.24) is 34.7 Å². The molecule has 3 aromatic rings. The van der Waals surface area contributed by atoms with Crippen LogP contribution in [0.5, 0.6) is 0 Å². The highest BCUT2D eigenvalue weighted by molar-refractivity contribution is 7.09. The van der Waals surface area contributed by atoms with Crippen molar-refractivity contribution >= 4 is 52.4 Å². The lowest BCUT2D eigenvalue weighted by atomic mass is 9.70. The third kappa shape index (κ3) is 6.76. The van der Waals surface area contributed by atoms with Crippen LogP contribution < -0.4 is 10.6 Å². The Morgan fingerprint density at radius 3 is 2.69 bits per heavy atom. The lowest BCUT2D eigenvalue weighted by molar-refractivity contribution is -0.131. The van der Waals surface area contributed by atoms with Crippen LogP contribution >= 0.6 is 23.1 Å². The Bertz CT molecular complexity index is 1840. The van der Waals surface area contributed by atoms with Gasteiger partial charge in [0.05, 0.1) is 16.9 Å². The number of nitrogens with zero attached hydrogens (tertiary/aromatic N) is 5. The average molecular weight is 697 g/mol. The van der Waals surface area contributed by atoms with E-state index in [1.165, 1.54) is 23.6 Å². The van der Waals surface area contributed by atoms with Gasteiger partial charge in [0.1, 0.15) is 22.6 Å². The largest absolute Gasteiger partial charge is 0.413 e.